The van der Waals surface area contributed by atoms with Crippen LogP contribution in [0.4, 0.5) is 0 Å². The molecule has 0 aliphatic heterocycles. The van der Waals surface area contributed by atoms with Gasteiger partial charge in [-0.1, -0.05) is 43.2 Å². The van der Waals surface area contributed by atoms with Crippen LogP contribution in [-0.4, -0.2) is 17.9 Å². The average Bonchev–Trinajstić information content (AvgIpc) is 2.41. The molecule has 0 heterocycles. The Morgan fingerprint density at radius 3 is 2.44 bits per heavy atom. The molecule has 1 aliphatic rings. The molecule has 1 aromatic rings. The lowest BCUT2D eigenvalue weighted by Crippen LogP contribution is -2.18. The minimum Gasteiger partial charge on any atom is -0.483 e. The number of hydrogen-bond acceptors (Lipinski definition) is 2. The van der Waals surface area contributed by atoms with Crippen LogP contribution < -0.4 is 0 Å². The second-order valence-corrected chi connectivity index (χ2v) is 4.72. The highest BCUT2D eigenvalue weighted by molar-refractivity contribution is 5.53. The maximum atomic E-state index is 10.8. The summed E-state index contributed by atoms with van der Waals surface area (Å²) in [7, 11) is 0. The highest BCUT2D eigenvalue weighted by Crippen LogP contribution is 2.30. The minimum absolute atomic E-state index is 0.250. The molecular formula is C15H20O3. The van der Waals surface area contributed by atoms with E-state index in [9.17, 15) is 4.79 Å². The van der Waals surface area contributed by atoms with Gasteiger partial charge in [0.25, 0.3) is 6.47 Å². The number of carboxylic acid groups (broad SMARTS) is 1. The molecule has 0 saturated heterocycles. The second kappa shape index (κ2) is 8.45. The number of carbonyl (C=O) groups excluding carboxylic acids is 1. The van der Waals surface area contributed by atoms with E-state index < -0.39 is 0 Å². The van der Waals surface area contributed by atoms with Crippen molar-refractivity contribution in [2.45, 2.75) is 32.1 Å². The predicted molar refractivity (Wildman–Crippen MR) is 70.4 cm³/mol. The Labute approximate surface area is 108 Å². The Hall–Kier alpha value is -1.64. The third-order valence-electron chi connectivity index (χ3n) is 3.38. The molecule has 2 unspecified atom stereocenters. The first kappa shape index (κ1) is 14.4. The summed E-state index contributed by atoms with van der Waals surface area (Å²) >= 11 is 0. The van der Waals surface area contributed by atoms with Gasteiger partial charge in [-0.15, -0.1) is 0 Å². The van der Waals surface area contributed by atoms with Gasteiger partial charge in [-0.25, -0.2) is 0 Å². The molecular weight excluding hydrogens is 228 g/mol. The zero-order valence-corrected chi connectivity index (χ0v) is 10.5. The molecule has 0 bridgehead atoms. The van der Waals surface area contributed by atoms with E-state index in [1.165, 1.54) is 18.4 Å². The molecule has 3 nitrogen and oxygen atoms in total. The van der Waals surface area contributed by atoms with Crippen LogP contribution in [0.3, 0.4) is 0 Å². The average molecular weight is 248 g/mol. The van der Waals surface area contributed by atoms with Crippen molar-refractivity contribution in [1.82, 2.24) is 0 Å². The highest BCUT2D eigenvalue weighted by Gasteiger charge is 2.21. The van der Waals surface area contributed by atoms with Gasteiger partial charge < -0.3 is 9.90 Å². The summed E-state index contributed by atoms with van der Waals surface area (Å²) < 4.78 is 0. The van der Waals surface area contributed by atoms with Crippen molar-refractivity contribution in [3.05, 3.63) is 35.9 Å². The van der Waals surface area contributed by atoms with Crippen molar-refractivity contribution in [1.29, 1.82) is 0 Å². The molecule has 0 radical (unpaired) electrons. The molecule has 0 spiro atoms. The van der Waals surface area contributed by atoms with Crippen LogP contribution >= 0.6 is 0 Å². The lowest BCUT2D eigenvalue weighted by Gasteiger charge is -2.25. The molecule has 98 valence electrons. The van der Waals surface area contributed by atoms with Gasteiger partial charge in [0.15, 0.2) is 0 Å². The zero-order chi connectivity index (χ0) is 13.2. The normalized spacial score (nSPS) is 22.4. The van der Waals surface area contributed by atoms with E-state index >= 15 is 0 Å². The van der Waals surface area contributed by atoms with Crippen LogP contribution in [0.2, 0.25) is 0 Å². The van der Waals surface area contributed by atoms with Crippen molar-refractivity contribution in [2.75, 3.05) is 0 Å². The highest BCUT2D eigenvalue weighted by atomic mass is 16.3. The molecule has 2 rings (SSSR count). The summed E-state index contributed by atoms with van der Waals surface area (Å²) in [6.45, 7) is -0.250. The summed E-state index contributed by atoms with van der Waals surface area (Å²) in [5, 5.41) is 6.89. The molecule has 1 N–H and O–H groups in total. The molecule has 2 atom stereocenters. The van der Waals surface area contributed by atoms with E-state index in [1.54, 1.807) is 0 Å². The molecule has 0 amide bonds. The van der Waals surface area contributed by atoms with Gasteiger partial charge in [0.05, 0.1) is 0 Å². The fourth-order valence-corrected chi connectivity index (χ4v) is 2.59. The molecule has 18 heavy (non-hydrogen) atoms. The Morgan fingerprint density at radius 2 is 1.83 bits per heavy atom. The molecule has 1 aromatic carbocycles. The van der Waals surface area contributed by atoms with Crippen molar-refractivity contribution in [2.24, 2.45) is 11.8 Å². The first-order valence-electron chi connectivity index (χ1n) is 6.37. The largest absolute Gasteiger partial charge is 0.483 e. The predicted octanol–water partition coefficient (Wildman–Crippen LogP) is 2.94. The van der Waals surface area contributed by atoms with E-state index in [0.29, 0.717) is 5.92 Å². The number of benzene rings is 1. The zero-order valence-electron chi connectivity index (χ0n) is 10.5. The van der Waals surface area contributed by atoms with Crippen LogP contribution in [0, 0.1) is 11.8 Å². The number of carbonyl (C=O) groups is 2. The monoisotopic (exact) mass is 248 g/mol. The fraction of sp³-hybridized carbons (Fsp3) is 0.467. The lowest BCUT2D eigenvalue weighted by molar-refractivity contribution is -0.122. The smallest absolute Gasteiger partial charge is 0.290 e. The van der Waals surface area contributed by atoms with Crippen LogP contribution in [0.15, 0.2) is 30.3 Å². The first-order valence-corrected chi connectivity index (χ1v) is 6.37. The third-order valence-corrected chi connectivity index (χ3v) is 3.38. The van der Waals surface area contributed by atoms with Crippen molar-refractivity contribution >= 4 is 12.8 Å². The standard InChI is InChI=1S/C14H18O.CH2O2/c15-11-14-8-4-7-13(10-14)9-12-5-2-1-3-6-12;2-1-3/h1-3,5-6,11,13-14H,4,7-10H2;1H,(H,2,3). The van der Waals surface area contributed by atoms with E-state index in [1.807, 2.05) is 0 Å². The number of hydrogen-bond donors (Lipinski definition) is 1. The third kappa shape index (κ3) is 5.13. The maximum Gasteiger partial charge on any atom is 0.290 e. The molecule has 1 fully saturated rings. The summed E-state index contributed by atoms with van der Waals surface area (Å²) in [6.07, 6.45) is 7.01. The topological polar surface area (TPSA) is 54.4 Å². The minimum atomic E-state index is -0.250. The molecule has 0 aromatic heterocycles. The van der Waals surface area contributed by atoms with Crippen molar-refractivity contribution < 1.29 is 14.7 Å². The van der Waals surface area contributed by atoms with Crippen LogP contribution in [0.5, 0.6) is 0 Å². The maximum absolute atomic E-state index is 10.8. The van der Waals surface area contributed by atoms with Gasteiger partial charge in [0.1, 0.15) is 6.29 Å². The number of rotatable bonds is 3. The Morgan fingerprint density at radius 1 is 1.17 bits per heavy atom. The van der Waals surface area contributed by atoms with Crippen molar-refractivity contribution in [3.8, 4) is 0 Å². The van der Waals surface area contributed by atoms with E-state index in [2.05, 4.69) is 30.3 Å². The van der Waals surface area contributed by atoms with Gasteiger partial charge in [-0.05, 0) is 30.7 Å². The van der Waals surface area contributed by atoms with Gasteiger partial charge >= 0.3 is 0 Å². The van der Waals surface area contributed by atoms with Gasteiger partial charge in [0.2, 0.25) is 0 Å². The van der Waals surface area contributed by atoms with Crippen LogP contribution in [0.1, 0.15) is 31.2 Å². The Bertz CT molecular complexity index is 348. The van der Waals surface area contributed by atoms with Crippen molar-refractivity contribution in [3.63, 3.8) is 0 Å². The summed E-state index contributed by atoms with van der Waals surface area (Å²) in [5.74, 6) is 1.05. The SMILES string of the molecule is O=CC1CCCC(Cc2ccccc2)C1.O=CO. The second-order valence-electron chi connectivity index (χ2n) is 4.72. The van der Waals surface area contributed by atoms with Gasteiger partial charge in [0, 0.05) is 5.92 Å². The molecule has 3 heteroatoms. The quantitative estimate of drug-likeness (QED) is 0.837. The van der Waals surface area contributed by atoms with Crippen LogP contribution in [-0.2, 0) is 16.0 Å². The van der Waals surface area contributed by atoms with E-state index in [4.69, 9.17) is 9.90 Å². The fourth-order valence-electron chi connectivity index (χ4n) is 2.59. The summed E-state index contributed by atoms with van der Waals surface area (Å²) in [4.78, 5) is 19.1. The van der Waals surface area contributed by atoms with E-state index in [0.717, 1.165) is 31.5 Å². The summed E-state index contributed by atoms with van der Waals surface area (Å²) in [6, 6.07) is 10.6. The summed E-state index contributed by atoms with van der Waals surface area (Å²) in [5.41, 5.74) is 1.41. The van der Waals surface area contributed by atoms with Crippen LogP contribution in [0.25, 0.3) is 0 Å². The van der Waals surface area contributed by atoms with Gasteiger partial charge in [-0.3, -0.25) is 4.79 Å². The molecule has 1 saturated carbocycles. The molecule has 1 aliphatic carbocycles. The van der Waals surface area contributed by atoms with E-state index in [-0.39, 0.29) is 6.47 Å². The first-order chi connectivity index (χ1) is 8.80. The van der Waals surface area contributed by atoms with Gasteiger partial charge in [-0.2, -0.15) is 0 Å². The Kier molecular flexibility index (Phi) is 6.77. The number of aldehydes is 1. The Balaban J connectivity index is 0.000000492. The lowest BCUT2D eigenvalue weighted by atomic mass is 9.79.